The van der Waals surface area contributed by atoms with Gasteiger partial charge in [0.2, 0.25) is 5.65 Å². The molecule has 2 aromatic rings. The van der Waals surface area contributed by atoms with Crippen LogP contribution in [0.15, 0.2) is 12.1 Å². The molecular formula is C9H8N4O3. The molecule has 0 radical (unpaired) electrons. The first-order valence-electron chi connectivity index (χ1n) is 4.43. The van der Waals surface area contributed by atoms with E-state index in [1.54, 1.807) is 6.92 Å². The highest BCUT2D eigenvalue weighted by molar-refractivity contribution is 5.80. The number of fused-ring (bicyclic) bond motifs is 1. The number of nitro groups is 1. The van der Waals surface area contributed by atoms with Crippen LogP contribution in [0.4, 0.5) is 11.5 Å². The molecule has 7 heteroatoms. The highest BCUT2D eigenvalue weighted by Crippen LogP contribution is 2.23. The van der Waals surface area contributed by atoms with Crippen molar-refractivity contribution in [3.05, 3.63) is 33.6 Å². The summed E-state index contributed by atoms with van der Waals surface area (Å²) >= 11 is 0. The summed E-state index contributed by atoms with van der Waals surface area (Å²) in [5.41, 5.74) is 6.72. The van der Waals surface area contributed by atoms with Gasteiger partial charge in [-0.05, 0) is 17.9 Å². The van der Waals surface area contributed by atoms with E-state index in [0.717, 1.165) is 4.40 Å². The molecule has 0 saturated heterocycles. The van der Waals surface area contributed by atoms with Gasteiger partial charge >= 0.3 is 5.82 Å². The number of hydrogen-bond acceptors (Lipinski definition) is 5. The van der Waals surface area contributed by atoms with Crippen LogP contribution in [0.5, 0.6) is 0 Å². The number of pyridine rings is 1. The summed E-state index contributed by atoms with van der Waals surface area (Å²) in [5, 5.41) is 10.8. The number of carbonyl (C=O) groups is 1. The molecule has 2 heterocycles. The predicted molar refractivity (Wildman–Crippen MR) is 56.4 cm³/mol. The lowest BCUT2D eigenvalue weighted by molar-refractivity contribution is -0.390. The molecule has 16 heavy (non-hydrogen) atoms. The zero-order valence-corrected chi connectivity index (χ0v) is 8.38. The molecule has 2 aromatic heterocycles. The highest BCUT2D eigenvalue weighted by Gasteiger charge is 2.21. The molecule has 0 amide bonds. The number of imidazole rings is 1. The second-order valence-electron chi connectivity index (χ2n) is 3.26. The predicted octanol–water partition coefficient (Wildman–Crippen LogP) is 0.946. The van der Waals surface area contributed by atoms with E-state index in [2.05, 4.69) is 4.98 Å². The van der Waals surface area contributed by atoms with E-state index >= 15 is 0 Å². The Balaban J connectivity index is 2.99. The first kappa shape index (κ1) is 10.1. The number of nitrogen functional groups attached to an aromatic ring is 1. The van der Waals surface area contributed by atoms with E-state index in [1.165, 1.54) is 12.1 Å². The zero-order valence-electron chi connectivity index (χ0n) is 8.38. The largest absolute Gasteiger partial charge is 0.394 e. The van der Waals surface area contributed by atoms with Crippen molar-refractivity contribution in [2.24, 2.45) is 0 Å². The highest BCUT2D eigenvalue weighted by atomic mass is 16.6. The monoisotopic (exact) mass is 220 g/mol. The maximum atomic E-state index is 10.9. The Hall–Kier alpha value is -2.44. The fourth-order valence-electron chi connectivity index (χ4n) is 1.56. The van der Waals surface area contributed by atoms with Crippen LogP contribution < -0.4 is 5.73 Å². The van der Waals surface area contributed by atoms with Crippen LogP contribution in [0.25, 0.3) is 5.65 Å². The van der Waals surface area contributed by atoms with E-state index < -0.39 is 4.92 Å². The summed E-state index contributed by atoms with van der Waals surface area (Å²) in [4.78, 5) is 25.1. The van der Waals surface area contributed by atoms with E-state index in [-0.39, 0.29) is 17.2 Å². The SMILES string of the molecule is Cc1nc2c(N)ccc([N+](=O)[O-])n2c1C=O. The summed E-state index contributed by atoms with van der Waals surface area (Å²) in [6.45, 7) is 1.60. The average Bonchev–Trinajstić information content (AvgIpc) is 2.55. The van der Waals surface area contributed by atoms with Crippen LogP contribution in [0, 0.1) is 17.0 Å². The Morgan fingerprint density at radius 1 is 1.56 bits per heavy atom. The minimum absolute atomic E-state index is 0.147. The van der Waals surface area contributed by atoms with Crippen LogP contribution in [0.1, 0.15) is 16.2 Å². The molecule has 0 atom stereocenters. The van der Waals surface area contributed by atoms with Crippen molar-refractivity contribution in [3.8, 4) is 0 Å². The third kappa shape index (κ3) is 1.22. The lowest BCUT2D eigenvalue weighted by Gasteiger charge is -1.99. The van der Waals surface area contributed by atoms with Crippen molar-refractivity contribution in [2.45, 2.75) is 6.92 Å². The van der Waals surface area contributed by atoms with Gasteiger partial charge in [0.1, 0.15) is 5.69 Å². The Morgan fingerprint density at radius 2 is 2.25 bits per heavy atom. The van der Waals surface area contributed by atoms with Gasteiger partial charge < -0.3 is 15.8 Å². The molecule has 0 aliphatic heterocycles. The summed E-state index contributed by atoms with van der Waals surface area (Å²) in [6, 6.07) is 2.64. The lowest BCUT2D eigenvalue weighted by Crippen LogP contribution is -2.03. The van der Waals surface area contributed by atoms with Crippen molar-refractivity contribution >= 4 is 23.4 Å². The third-order valence-corrected chi connectivity index (χ3v) is 2.29. The average molecular weight is 220 g/mol. The number of nitrogens with two attached hydrogens (primary N) is 1. The van der Waals surface area contributed by atoms with E-state index in [9.17, 15) is 14.9 Å². The van der Waals surface area contributed by atoms with Gasteiger partial charge in [0.05, 0.1) is 5.69 Å². The Morgan fingerprint density at radius 3 is 2.81 bits per heavy atom. The Bertz CT molecular complexity index is 602. The fourth-order valence-corrected chi connectivity index (χ4v) is 1.56. The molecule has 0 fully saturated rings. The van der Waals surface area contributed by atoms with Gasteiger partial charge in [0, 0.05) is 6.07 Å². The first-order chi connectivity index (χ1) is 7.56. The van der Waals surface area contributed by atoms with Crippen molar-refractivity contribution in [1.82, 2.24) is 9.38 Å². The second kappa shape index (κ2) is 3.30. The molecular weight excluding hydrogens is 212 g/mol. The quantitative estimate of drug-likeness (QED) is 0.461. The van der Waals surface area contributed by atoms with Gasteiger partial charge in [-0.3, -0.25) is 4.79 Å². The van der Waals surface area contributed by atoms with Gasteiger partial charge in [-0.15, -0.1) is 0 Å². The molecule has 2 rings (SSSR count). The van der Waals surface area contributed by atoms with E-state index in [0.29, 0.717) is 17.7 Å². The van der Waals surface area contributed by atoms with Gasteiger partial charge in [0.25, 0.3) is 0 Å². The smallest absolute Gasteiger partial charge is 0.330 e. The summed E-state index contributed by atoms with van der Waals surface area (Å²) in [6.07, 6.45) is 0.530. The van der Waals surface area contributed by atoms with Crippen molar-refractivity contribution in [1.29, 1.82) is 0 Å². The molecule has 0 bridgehead atoms. The number of aryl methyl sites for hydroxylation is 1. The van der Waals surface area contributed by atoms with Crippen LogP contribution in [-0.2, 0) is 0 Å². The van der Waals surface area contributed by atoms with Gasteiger partial charge in [-0.2, -0.15) is 4.40 Å². The number of hydrogen-bond donors (Lipinski definition) is 1. The molecule has 0 aliphatic carbocycles. The fraction of sp³-hybridized carbons (Fsp3) is 0.111. The Kier molecular flexibility index (Phi) is 2.08. The normalized spacial score (nSPS) is 10.6. The van der Waals surface area contributed by atoms with E-state index in [1.807, 2.05) is 0 Å². The van der Waals surface area contributed by atoms with Crippen molar-refractivity contribution in [2.75, 3.05) is 5.73 Å². The van der Waals surface area contributed by atoms with Crippen molar-refractivity contribution in [3.63, 3.8) is 0 Å². The number of anilines is 1. The summed E-state index contributed by atoms with van der Waals surface area (Å²) in [5.74, 6) is -0.230. The maximum Gasteiger partial charge on any atom is 0.330 e. The number of nitrogens with zero attached hydrogens (tertiary/aromatic N) is 3. The minimum Gasteiger partial charge on any atom is -0.394 e. The number of rotatable bonds is 2. The number of carbonyl (C=O) groups excluding carboxylic acids is 1. The summed E-state index contributed by atoms with van der Waals surface area (Å²) < 4.78 is 1.15. The molecule has 0 spiro atoms. The first-order valence-corrected chi connectivity index (χ1v) is 4.43. The standard InChI is InChI=1S/C9H8N4O3/c1-5-7(4-14)12-8(13(15)16)3-2-6(10)9(12)11-5/h2-4H,10H2,1H3. The topological polar surface area (TPSA) is 104 Å². The maximum absolute atomic E-state index is 10.9. The van der Waals surface area contributed by atoms with E-state index in [4.69, 9.17) is 5.73 Å². The van der Waals surface area contributed by atoms with Gasteiger partial charge in [-0.1, -0.05) is 0 Å². The third-order valence-electron chi connectivity index (χ3n) is 2.29. The summed E-state index contributed by atoms with van der Waals surface area (Å²) in [7, 11) is 0. The molecule has 0 aromatic carbocycles. The van der Waals surface area contributed by atoms with Crippen LogP contribution in [-0.4, -0.2) is 20.6 Å². The molecule has 2 N–H and O–H groups in total. The van der Waals surface area contributed by atoms with Crippen molar-refractivity contribution < 1.29 is 9.72 Å². The molecule has 0 saturated carbocycles. The lowest BCUT2D eigenvalue weighted by atomic mass is 10.3. The van der Waals surface area contributed by atoms with Crippen LogP contribution in [0.3, 0.4) is 0 Å². The van der Waals surface area contributed by atoms with Crippen LogP contribution in [0.2, 0.25) is 0 Å². The van der Waals surface area contributed by atoms with Crippen LogP contribution >= 0.6 is 0 Å². The molecule has 7 nitrogen and oxygen atoms in total. The zero-order chi connectivity index (χ0) is 11.9. The molecule has 0 aliphatic rings. The molecule has 82 valence electrons. The van der Waals surface area contributed by atoms with Gasteiger partial charge in [0.15, 0.2) is 12.0 Å². The van der Waals surface area contributed by atoms with Gasteiger partial charge in [-0.25, -0.2) is 4.98 Å². The Labute approximate surface area is 89.7 Å². The minimum atomic E-state index is -0.583. The second-order valence-corrected chi connectivity index (χ2v) is 3.26. The number of aromatic nitrogens is 2. The number of aldehydes is 1. The molecule has 0 unspecified atom stereocenters.